The first-order valence-electron chi connectivity index (χ1n) is 8.61. The Kier molecular flexibility index (Phi) is 6.34. The molecule has 0 aliphatic rings. The number of carbonyl (C=O) groups excluding carboxylic acids is 2. The zero-order valence-electron chi connectivity index (χ0n) is 15.4. The minimum absolute atomic E-state index is 0.225. The summed E-state index contributed by atoms with van der Waals surface area (Å²) >= 11 is 2.52. The van der Waals surface area contributed by atoms with Crippen LogP contribution in [0.15, 0.2) is 29.4 Å². The summed E-state index contributed by atoms with van der Waals surface area (Å²) in [4.78, 5) is 32.3. The Labute approximate surface area is 170 Å². The predicted molar refractivity (Wildman–Crippen MR) is 110 cm³/mol. The Morgan fingerprint density at radius 3 is 2.89 bits per heavy atom. The summed E-state index contributed by atoms with van der Waals surface area (Å²) in [5.41, 5.74) is 2.66. The number of rotatable bonds is 7. The molecule has 2 heterocycles. The van der Waals surface area contributed by atoms with Gasteiger partial charge in [0, 0.05) is 12.2 Å². The number of H-pyrrole nitrogens is 1. The molecule has 9 heteroatoms. The molecule has 1 aromatic carbocycles. The number of ether oxygens (including phenoxy) is 1. The number of anilines is 1. The van der Waals surface area contributed by atoms with Crippen LogP contribution in [0.3, 0.4) is 0 Å². The Bertz CT molecular complexity index is 1030. The molecule has 28 heavy (non-hydrogen) atoms. The summed E-state index contributed by atoms with van der Waals surface area (Å²) in [6.45, 7) is 3.64. The maximum Gasteiger partial charge on any atom is 0.348 e. The van der Waals surface area contributed by atoms with Gasteiger partial charge in [0.2, 0.25) is 5.91 Å². The van der Waals surface area contributed by atoms with E-state index >= 15 is 0 Å². The van der Waals surface area contributed by atoms with Gasteiger partial charge in [-0.3, -0.25) is 4.79 Å². The number of carbonyl (C=O) groups is 2. The molecule has 0 aliphatic heterocycles. The van der Waals surface area contributed by atoms with E-state index < -0.39 is 5.97 Å². The van der Waals surface area contributed by atoms with E-state index in [-0.39, 0.29) is 18.9 Å². The molecule has 0 fully saturated rings. The molecule has 0 unspecified atom stereocenters. The van der Waals surface area contributed by atoms with Crippen LogP contribution in [0.1, 0.15) is 34.1 Å². The van der Waals surface area contributed by atoms with Crippen molar-refractivity contribution in [3.63, 3.8) is 0 Å². The maximum absolute atomic E-state index is 12.3. The van der Waals surface area contributed by atoms with Crippen LogP contribution in [0, 0.1) is 18.3 Å². The number of thioether (sulfide) groups is 1. The molecule has 0 saturated heterocycles. The normalized spacial score (nSPS) is 10.6. The second-order valence-corrected chi connectivity index (χ2v) is 7.90. The lowest BCUT2D eigenvalue weighted by Gasteiger charge is -2.02. The summed E-state index contributed by atoms with van der Waals surface area (Å²) in [7, 11) is 0. The average molecular weight is 415 g/mol. The third-order valence-electron chi connectivity index (χ3n) is 3.91. The number of esters is 1. The number of fused-ring (bicyclic) bond motifs is 1. The Hall–Kier alpha value is -2.83. The summed E-state index contributed by atoms with van der Waals surface area (Å²) in [5.74, 6) is -0.179. The maximum atomic E-state index is 12.3. The molecule has 2 N–H and O–H groups in total. The highest BCUT2D eigenvalue weighted by Gasteiger charge is 2.22. The molecule has 7 nitrogen and oxygen atoms in total. The van der Waals surface area contributed by atoms with Crippen LogP contribution in [-0.4, -0.2) is 34.2 Å². The number of hydrogen-bond donors (Lipinski definition) is 2. The number of hydrogen-bond acceptors (Lipinski definition) is 7. The van der Waals surface area contributed by atoms with Crippen LogP contribution in [-0.2, 0) is 9.53 Å². The van der Waals surface area contributed by atoms with Crippen molar-refractivity contribution in [1.82, 2.24) is 9.97 Å². The van der Waals surface area contributed by atoms with E-state index in [2.05, 4.69) is 21.4 Å². The Morgan fingerprint density at radius 2 is 2.18 bits per heavy atom. The third kappa shape index (κ3) is 4.35. The number of imidazole rings is 1. The number of amides is 1. The number of thiophene rings is 1. The van der Waals surface area contributed by atoms with E-state index in [0.29, 0.717) is 26.8 Å². The second-order valence-electron chi connectivity index (χ2n) is 5.80. The van der Waals surface area contributed by atoms with Gasteiger partial charge >= 0.3 is 5.97 Å². The molecular formula is C19H18N4O3S2. The van der Waals surface area contributed by atoms with Crippen molar-refractivity contribution >= 4 is 51.0 Å². The van der Waals surface area contributed by atoms with Crippen molar-refractivity contribution in [2.75, 3.05) is 17.7 Å². The molecule has 0 bridgehead atoms. The highest BCUT2D eigenvalue weighted by atomic mass is 32.2. The van der Waals surface area contributed by atoms with Crippen LogP contribution in [0.2, 0.25) is 0 Å². The Balaban J connectivity index is 1.60. The standard InChI is InChI=1S/C19H18N4O3S2/c1-3-26-18(25)16-11(2)12(10-20)17(28-16)23-15(24)8-9-27-19-21-13-6-4-5-7-14(13)22-19/h4-7H,3,8-9H2,1-2H3,(H,21,22)(H,23,24). The molecule has 3 aromatic rings. The van der Waals surface area contributed by atoms with Gasteiger partial charge in [-0.2, -0.15) is 5.26 Å². The monoisotopic (exact) mass is 414 g/mol. The lowest BCUT2D eigenvalue weighted by Crippen LogP contribution is -2.12. The van der Waals surface area contributed by atoms with Crippen LogP contribution in [0.25, 0.3) is 11.0 Å². The second kappa shape index (κ2) is 8.91. The van der Waals surface area contributed by atoms with Crippen LogP contribution >= 0.6 is 23.1 Å². The minimum atomic E-state index is -0.484. The Morgan fingerprint density at radius 1 is 1.39 bits per heavy atom. The van der Waals surface area contributed by atoms with Gasteiger partial charge in [-0.25, -0.2) is 9.78 Å². The number of nitriles is 1. The fourth-order valence-electron chi connectivity index (χ4n) is 2.55. The highest BCUT2D eigenvalue weighted by molar-refractivity contribution is 7.99. The van der Waals surface area contributed by atoms with E-state index in [4.69, 9.17) is 4.74 Å². The number of para-hydroxylation sites is 2. The highest BCUT2D eigenvalue weighted by Crippen LogP contribution is 2.33. The number of aromatic amines is 1. The molecule has 0 radical (unpaired) electrons. The van der Waals surface area contributed by atoms with E-state index in [1.165, 1.54) is 11.8 Å². The molecular weight excluding hydrogens is 396 g/mol. The molecule has 0 atom stereocenters. The van der Waals surface area contributed by atoms with Gasteiger partial charge in [0.15, 0.2) is 5.16 Å². The van der Waals surface area contributed by atoms with Crippen molar-refractivity contribution in [3.8, 4) is 6.07 Å². The number of nitrogens with zero attached hydrogens (tertiary/aromatic N) is 2. The topological polar surface area (TPSA) is 108 Å². The molecule has 0 saturated carbocycles. The summed E-state index contributed by atoms with van der Waals surface area (Å²) in [5, 5.41) is 13.2. The molecule has 1 amide bonds. The number of aromatic nitrogens is 2. The SMILES string of the molecule is CCOC(=O)c1sc(NC(=O)CCSc2nc3ccccc3[nH]2)c(C#N)c1C. The zero-order valence-corrected chi connectivity index (χ0v) is 17.0. The quantitative estimate of drug-likeness (QED) is 0.445. The summed E-state index contributed by atoms with van der Waals surface area (Å²) < 4.78 is 5.00. The molecule has 0 aliphatic carbocycles. The van der Waals surface area contributed by atoms with Crippen molar-refractivity contribution in [2.24, 2.45) is 0 Å². The van der Waals surface area contributed by atoms with E-state index in [1.54, 1.807) is 13.8 Å². The van der Waals surface area contributed by atoms with E-state index in [9.17, 15) is 14.9 Å². The molecule has 2 aromatic heterocycles. The summed E-state index contributed by atoms with van der Waals surface area (Å²) in [6, 6.07) is 9.78. The first-order valence-corrected chi connectivity index (χ1v) is 10.4. The van der Waals surface area contributed by atoms with Gasteiger partial charge in [-0.05, 0) is 31.5 Å². The molecule has 0 spiro atoms. The summed E-state index contributed by atoms with van der Waals surface area (Å²) in [6.07, 6.45) is 0.248. The van der Waals surface area contributed by atoms with Gasteiger partial charge in [-0.1, -0.05) is 23.9 Å². The fourth-order valence-corrected chi connectivity index (χ4v) is 4.45. The van der Waals surface area contributed by atoms with Crippen molar-refractivity contribution < 1.29 is 14.3 Å². The van der Waals surface area contributed by atoms with E-state index in [0.717, 1.165) is 27.5 Å². The first-order chi connectivity index (χ1) is 13.5. The van der Waals surface area contributed by atoms with Crippen molar-refractivity contribution in [1.29, 1.82) is 5.26 Å². The molecule has 144 valence electrons. The smallest absolute Gasteiger partial charge is 0.348 e. The van der Waals surface area contributed by atoms with E-state index in [1.807, 2.05) is 24.3 Å². The lowest BCUT2D eigenvalue weighted by molar-refractivity contribution is -0.115. The molecule has 3 rings (SSSR count). The van der Waals surface area contributed by atoms with Gasteiger partial charge < -0.3 is 15.0 Å². The largest absolute Gasteiger partial charge is 0.462 e. The number of nitrogens with one attached hydrogen (secondary N) is 2. The van der Waals surface area contributed by atoms with Gasteiger partial charge in [-0.15, -0.1) is 11.3 Å². The lowest BCUT2D eigenvalue weighted by atomic mass is 10.2. The first kappa shape index (κ1) is 19.9. The van der Waals surface area contributed by atoms with Gasteiger partial charge in [0.05, 0.1) is 23.2 Å². The van der Waals surface area contributed by atoms with Crippen LogP contribution in [0.5, 0.6) is 0 Å². The van der Waals surface area contributed by atoms with Gasteiger partial charge in [0.1, 0.15) is 15.9 Å². The minimum Gasteiger partial charge on any atom is -0.462 e. The fraction of sp³-hybridized carbons (Fsp3) is 0.263. The average Bonchev–Trinajstić information content (AvgIpc) is 3.22. The third-order valence-corrected chi connectivity index (χ3v) is 5.97. The van der Waals surface area contributed by atoms with Crippen LogP contribution < -0.4 is 5.32 Å². The van der Waals surface area contributed by atoms with Crippen molar-refractivity contribution in [2.45, 2.75) is 25.4 Å². The van der Waals surface area contributed by atoms with Crippen molar-refractivity contribution in [3.05, 3.63) is 40.3 Å². The number of benzene rings is 1. The van der Waals surface area contributed by atoms with Gasteiger partial charge in [0.25, 0.3) is 0 Å². The predicted octanol–water partition coefficient (Wildman–Crippen LogP) is 4.10. The van der Waals surface area contributed by atoms with Crippen LogP contribution in [0.4, 0.5) is 5.00 Å². The zero-order chi connectivity index (χ0) is 20.1.